The highest BCUT2D eigenvalue weighted by molar-refractivity contribution is 7.22. The highest BCUT2D eigenvalue weighted by Gasteiger charge is 2.07. The molecule has 4 heteroatoms. The van der Waals surface area contributed by atoms with Crippen LogP contribution >= 0.6 is 11.3 Å². The second-order valence-electron chi connectivity index (χ2n) is 4.07. The molecule has 3 rings (SSSR count). The summed E-state index contributed by atoms with van der Waals surface area (Å²) in [6.45, 7) is 2.05. The van der Waals surface area contributed by atoms with Crippen LogP contribution < -0.4 is 10.5 Å². The van der Waals surface area contributed by atoms with Crippen molar-refractivity contribution in [3.8, 4) is 11.5 Å². The Balaban J connectivity index is 2.01. The quantitative estimate of drug-likeness (QED) is 0.754. The summed E-state index contributed by atoms with van der Waals surface area (Å²) in [6, 6.07) is 13.8. The number of aryl methyl sites for hydroxylation is 1. The molecule has 0 saturated carbocycles. The lowest BCUT2D eigenvalue weighted by atomic mass is 10.2. The maximum Gasteiger partial charge on any atom is 0.181 e. The molecule has 0 radical (unpaired) electrons. The lowest BCUT2D eigenvalue weighted by Crippen LogP contribution is -1.86. The first kappa shape index (κ1) is 11.0. The molecule has 0 unspecified atom stereocenters. The van der Waals surface area contributed by atoms with E-state index < -0.39 is 0 Å². The first-order valence-corrected chi connectivity index (χ1v) is 6.43. The van der Waals surface area contributed by atoms with E-state index in [2.05, 4.69) is 4.98 Å². The Bertz CT molecular complexity index is 689. The number of para-hydroxylation sites is 1. The van der Waals surface area contributed by atoms with Crippen LogP contribution in [0.1, 0.15) is 5.56 Å². The number of ether oxygens (including phenoxy) is 1. The molecule has 0 bridgehead atoms. The van der Waals surface area contributed by atoms with Gasteiger partial charge in [0.1, 0.15) is 11.3 Å². The molecule has 2 N–H and O–H groups in total. The number of hydrogen-bond acceptors (Lipinski definition) is 4. The summed E-state index contributed by atoms with van der Waals surface area (Å²) in [5, 5.41) is 0.560. The molecule has 3 aromatic rings. The van der Waals surface area contributed by atoms with E-state index >= 15 is 0 Å². The zero-order valence-electron chi connectivity index (χ0n) is 9.88. The summed E-state index contributed by atoms with van der Waals surface area (Å²) < 4.78 is 6.89. The van der Waals surface area contributed by atoms with E-state index in [9.17, 15) is 0 Å². The van der Waals surface area contributed by atoms with Gasteiger partial charge in [-0.1, -0.05) is 35.1 Å². The van der Waals surface area contributed by atoms with Crippen LogP contribution in [0.5, 0.6) is 11.5 Å². The predicted octanol–water partition coefficient (Wildman–Crippen LogP) is 3.98. The van der Waals surface area contributed by atoms with Gasteiger partial charge < -0.3 is 10.5 Å². The molecule has 3 nitrogen and oxygen atoms in total. The number of benzene rings is 2. The van der Waals surface area contributed by atoms with Crippen LogP contribution in [0.4, 0.5) is 5.13 Å². The fraction of sp³-hybridized carbons (Fsp3) is 0.0714. The van der Waals surface area contributed by atoms with Crippen LogP contribution in [0.2, 0.25) is 0 Å². The average molecular weight is 256 g/mol. The van der Waals surface area contributed by atoms with Crippen molar-refractivity contribution in [2.24, 2.45) is 0 Å². The van der Waals surface area contributed by atoms with Crippen molar-refractivity contribution in [3.05, 3.63) is 48.0 Å². The van der Waals surface area contributed by atoms with Gasteiger partial charge in [0.2, 0.25) is 0 Å². The molecule has 0 aliphatic rings. The van der Waals surface area contributed by atoms with E-state index in [0.717, 1.165) is 21.7 Å². The first-order chi connectivity index (χ1) is 8.72. The zero-order chi connectivity index (χ0) is 12.5. The van der Waals surface area contributed by atoms with Crippen molar-refractivity contribution < 1.29 is 4.74 Å². The average Bonchev–Trinajstić information content (AvgIpc) is 2.73. The Morgan fingerprint density at radius 1 is 1.11 bits per heavy atom. The summed E-state index contributed by atoms with van der Waals surface area (Å²) in [5.41, 5.74) is 7.75. The van der Waals surface area contributed by atoms with Crippen LogP contribution in [-0.4, -0.2) is 4.98 Å². The molecule has 90 valence electrons. The topological polar surface area (TPSA) is 48.1 Å². The zero-order valence-corrected chi connectivity index (χ0v) is 10.7. The van der Waals surface area contributed by atoms with Crippen LogP contribution in [-0.2, 0) is 0 Å². The van der Waals surface area contributed by atoms with Gasteiger partial charge in [0.25, 0.3) is 0 Å². The third kappa shape index (κ3) is 2.02. The van der Waals surface area contributed by atoms with Crippen molar-refractivity contribution in [1.29, 1.82) is 0 Å². The van der Waals surface area contributed by atoms with Gasteiger partial charge in [0.15, 0.2) is 10.9 Å². The smallest absolute Gasteiger partial charge is 0.181 e. The van der Waals surface area contributed by atoms with E-state index in [4.69, 9.17) is 10.5 Å². The fourth-order valence-corrected chi connectivity index (χ4v) is 2.51. The van der Waals surface area contributed by atoms with Gasteiger partial charge in [0.05, 0.1) is 4.70 Å². The number of nitrogen functional groups attached to an aromatic ring is 1. The third-order valence-electron chi connectivity index (χ3n) is 2.65. The number of nitrogens with zero attached hydrogens (tertiary/aromatic N) is 1. The molecule has 0 saturated heterocycles. The van der Waals surface area contributed by atoms with Crippen LogP contribution in [0.15, 0.2) is 42.5 Å². The van der Waals surface area contributed by atoms with Gasteiger partial charge >= 0.3 is 0 Å². The van der Waals surface area contributed by atoms with Crippen LogP contribution in [0.25, 0.3) is 10.2 Å². The number of fused-ring (bicyclic) bond motifs is 1. The summed E-state index contributed by atoms with van der Waals surface area (Å²) in [5.74, 6) is 1.55. The lowest BCUT2D eigenvalue weighted by Gasteiger charge is -2.06. The van der Waals surface area contributed by atoms with E-state index in [1.165, 1.54) is 16.9 Å². The number of anilines is 1. The molecule has 1 heterocycles. The monoisotopic (exact) mass is 256 g/mol. The lowest BCUT2D eigenvalue weighted by molar-refractivity contribution is 0.487. The van der Waals surface area contributed by atoms with Gasteiger partial charge in [-0.25, -0.2) is 4.98 Å². The minimum Gasteiger partial charge on any atom is -0.455 e. The first-order valence-electron chi connectivity index (χ1n) is 5.62. The van der Waals surface area contributed by atoms with Gasteiger partial charge in [-0.05, 0) is 31.2 Å². The fourth-order valence-electron chi connectivity index (χ4n) is 1.76. The largest absolute Gasteiger partial charge is 0.455 e. The Hall–Kier alpha value is -2.07. The Kier molecular flexibility index (Phi) is 2.64. The number of rotatable bonds is 2. The van der Waals surface area contributed by atoms with E-state index in [-0.39, 0.29) is 0 Å². The van der Waals surface area contributed by atoms with Gasteiger partial charge in [0, 0.05) is 0 Å². The van der Waals surface area contributed by atoms with Crippen LogP contribution in [0, 0.1) is 6.92 Å². The van der Waals surface area contributed by atoms with E-state index in [1.54, 1.807) is 0 Å². The predicted molar refractivity (Wildman–Crippen MR) is 75.3 cm³/mol. The van der Waals surface area contributed by atoms with Gasteiger partial charge in [-0.15, -0.1) is 0 Å². The number of nitrogens with two attached hydrogens (primary N) is 1. The maximum atomic E-state index is 5.85. The Labute approximate surface area is 109 Å². The minimum atomic E-state index is 0.560. The van der Waals surface area contributed by atoms with Crippen molar-refractivity contribution in [2.45, 2.75) is 6.92 Å². The number of hydrogen-bond donors (Lipinski definition) is 1. The summed E-state index contributed by atoms with van der Waals surface area (Å²) in [4.78, 5) is 4.30. The number of aromatic nitrogens is 1. The molecule has 1 aromatic heterocycles. The van der Waals surface area contributed by atoms with Gasteiger partial charge in [-0.3, -0.25) is 0 Å². The molecular formula is C14H12N2OS. The second-order valence-corrected chi connectivity index (χ2v) is 5.13. The molecule has 0 fully saturated rings. The Morgan fingerprint density at radius 3 is 2.67 bits per heavy atom. The molecule has 0 aliphatic heterocycles. The normalized spacial score (nSPS) is 10.7. The molecule has 0 atom stereocenters. The minimum absolute atomic E-state index is 0.560. The molecular weight excluding hydrogens is 244 g/mol. The molecule has 0 amide bonds. The summed E-state index contributed by atoms with van der Waals surface area (Å²) >= 11 is 1.47. The maximum absolute atomic E-state index is 5.85. The Morgan fingerprint density at radius 2 is 1.89 bits per heavy atom. The second kappa shape index (κ2) is 4.31. The molecule has 18 heavy (non-hydrogen) atoms. The standard InChI is InChI=1S/C14H12N2OS/c1-9-5-7-10(8-6-9)17-11-3-2-4-12-13(11)16-14(15)18-12/h2-8H,1H3,(H2,15,16). The summed E-state index contributed by atoms with van der Waals surface area (Å²) in [6.07, 6.45) is 0. The highest BCUT2D eigenvalue weighted by atomic mass is 32.1. The number of thiazole rings is 1. The van der Waals surface area contributed by atoms with Crippen molar-refractivity contribution in [1.82, 2.24) is 4.98 Å². The van der Waals surface area contributed by atoms with E-state index in [0.29, 0.717) is 5.13 Å². The van der Waals surface area contributed by atoms with Crippen LogP contribution in [0.3, 0.4) is 0 Å². The third-order valence-corrected chi connectivity index (χ3v) is 3.50. The molecule has 0 spiro atoms. The summed E-state index contributed by atoms with van der Waals surface area (Å²) in [7, 11) is 0. The van der Waals surface area contributed by atoms with Crippen molar-refractivity contribution in [3.63, 3.8) is 0 Å². The van der Waals surface area contributed by atoms with Crippen molar-refractivity contribution >= 4 is 26.7 Å². The van der Waals surface area contributed by atoms with Gasteiger partial charge in [-0.2, -0.15) is 0 Å². The SMILES string of the molecule is Cc1ccc(Oc2cccc3sc(N)nc23)cc1. The highest BCUT2D eigenvalue weighted by Crippen LogP contribution is 2.33. The van der Waals surface area contributed by atoms with E-state index in [1.807, 2.05) is 49.4 Å². The molecule has 0 aliphatic carbocycles. The van der Waals surface area contributed by atoms with Crippen molar-refractivity contribution in [2.75, 3.05) is 5.73 Å². The molecule has 2 aromatic carbocycles.